The van der Waals surface area contributed by atoms with Crippen LogP contribution in [0.25, 0.3) is 16.5 Å². The van der Waals surface area contributed by atoms with E-state index < -0.39 is 18.5 Å². The molecule has 1 N–H and O–H groups in total. The Hall–Kier alpha value is -3.51. The molecule has 0 aliphatic heterocycles. The van der Waals surface area contributed by atoms with E-state index in [9.17, 15) is 14.4 Å². The van der Waals surface area contributed by atoms with Gasteiger partial charge in [-0.15, -0.1) is 11.3 Å². The van der Waals surface area contributed by atoms with Crippen LogP contribution >= 0.6 is 11.3 Å². The van der Waals surface area contributed by atoms with E-state index in [0.717, 1.165) is 15.3 Å². The summed E-state index contributed by atoms with van der Waals surface area (Å²) in [5.41, 5.74) is 2.20. The minimum absolute atomic E-state index is 0.0507. The molecule has 2 aromatic carbocycles. The Kier molecular flexibility index (Phi) is 6.71. The van der Waals surface area contributed by atoms with Crippen LogP contribution in [0.4, 0.5) is 5.69 Å². The van der Waals surface area contributed by atoms with Gasteiger partial charge in [0.2, 0.25) is 0 Å². The van der Waals surface area contributed by atoms with Crippen LogP contribution < -0.4 is 5.32 Å². The number of hydrogen-bond donors (Lipinski definition) is 1. The van der Waals surface area contributed by atoms with Crippen molar-refractivity contribution in [3.63, 3.8) is 0 Å². The largest absolute Gasteiger partial charge is 0.452 e. The van der Waals surface area contributed by atoms with Crippen LogP contribution in [-0.2, 0) is 14.3 Å². The van der Waals surface area contributed by atoms with Gasteiger partial charge in [0.05, 0.1) is 0 Å². The van der Waals surface area contributed by atoms with Gasteiger partial charge in [0, 0.05) is 27.1 Å². The molecule has 3 rings (SSSR count). The number of nitrogens with one attached hydrogen (secondary N) is 1. The number of anilines is 1. The summed E-state index contributed by atoms with van der Waals surface area (Å²) in [5.74, 6) is -1.10. The van der Waals surface area contributed by atoms with Crippen molar-refractivity contribution in [3.05, 3.63) is 83.2 Å². The molecule has 0 bridgehead atoms. The van der Waals surface area contributed by atoms with E-state index in [2.05, 4.69) is 5.32 Å². The SMILES string of the molecule is CC(=O)c1ccc(NC(=O)COC(=O)/C=C/c2ccc(-c3ccccc3)s2)cc1. The molecule has 1 heterocycles. The van der Waals surface area contributed by atoms with Gasteiger partial charge in [-0.2, -0.15) is 0 Å². The average molecular weight is 405 g/mol. The molecular formula is C23H19NO4S. The van der Waals surface area contributed by atoms with Gasteiger partial charge < -0.3 is 10.1 Å². The molecule has 0 unspecified atom stereocenters. The quantitative estimate of drug-likeness (QED) is 0.348. The minimum atomic E-state index is -0.596. The summed E-state index contributed by atoms with van der Waals surface area (Å²) in [4.78, 5) is 37.0. The molecule has 0 atom stereocenters. The van der Waals surface area contributed by atoms with E-state index in [1.165, 1.54) is 13.0 Å². The molecule has 0 aliphatic rings. The average Bonchev–Trinajstić information content (AvgIpc) is 3.21. The third-order valence-corrected chi connectivity index (χ3v) is 5.09. The summed E-state index contributed by atoms with van der Waals surface area (Å²) in [6.07, 6.45) is 2.97. The molecule has 29 heavy (non-hydrogen) atoms. The zero-order chi connectivity index (χ0) is 20.6. The fourth-order valence-electron chi connectivity index (χ4n) is 2.52. The third kappa shape index (κ3) is 5.99. The molecule has 0 saturated carbocycles. The Morgan fingerprint density at radius 3 is 2.38 bits per heavy atom. The van der Waals surface area contributed by atoms with Gasteiger partial charge in [-0.05, 0) is 55.0 Å². The van der Waals surface area contributed by atoms with Crippen LogP contribution in [0, 0.1) is 0 Å². The maximum Gasteiger partial charge on any atom is 0.331 e. The fraction of sp³-hybridized carbons (Fsp3) is 0.0870. The Morgan fingerprint density at radius 1 is 0.966 bits per heavy atom. The van der Waals surface area contributed by atoms with Gasteiger partial charge in [0.15, 0.2) is 12.4 Å². The summed E-state index contributed by atoms with van der Waals surface area (Å²) >= 11 is 1.56. The predicted molar refractivity (Wildman–Crippen MR) is 115 cm³/mol. The second kappa shape index (κ2) is 9.61. The lowest BCUT2D eigenvalue weighted by Crippen LogP contribution is -2.20. The number of ether oxygens (including phenoxy) is 1. The number of Topliss-reactive ketones (excluding diaryl/α,β-unsaturated/α-hetero) is 1. The number of carbonyl (C=O) groups excluding carboxylic acids is 3. The van der Waals surface area contributed by atoms with Gasteiger partial charge in [0.25, 0.3) is 5.91 Å². The summed E-state index contributed by atoms with van der Waals surface area (Å²) in [6.45, 7) is 1.08. The molecule has 0 radical (unpaired) electrons. The normalized spacial score (nSPS) is 10.7. The van der Waals surface area contributed by atoms with Crippen LogP contribution in [0.2, 0.25) is 0 Å². The number of carbonyl (C=O) groups is 3. The van der Waals surface area contributed by atoms with Gasteiger partial charge in [-0.25, -0.2) is 4.79 Å². The highest BCUT2D eigenvalue weighted by Gasteiger charge is 2.07. The van der Waals surface area contributed by atoms with Gasteiger partial charge in [-0.1, -0.05) is 30.3 Å². The van der Waals surface area contributed by atoms with Crippen molar-refractivity contribution in [1.82, 2.24) is 0 Å². The summed E-state index contributed by atoms with van der Waals surface area (Å²) in [6, 6.07) is 20.4. The lowest BCUT2D eigenvalue weighted by molar-refractivity contribution is -0.142. The number of benzene rings is 2. The van der Waals surface area contributed by atoms with Gasteiger partial charge in [0.1, 0.15) is 0 Å². The molecule has 0 saturated heterocycles. The Bertz CT molecular complexity index is 1040. The summed E-state index contributed by atoms with van der Waals surface area (Å²) in [5, 5.41) is 2.61. The van der Waals surface area contributed by atoms with Crippen molar-refractivity contribution in [2.75, 3.05) is 11.9 Å². The highest BCUT2D eigenvalue weighted by molar-refractivity contribution is 7.16. The molecule has 146 valence electrons. The molecule has 0 aliphatic carbocycles. The zero-order valence-corrected chi connectivity index (χ0v) is 16.6. The molecule has 0 fully saturated rings. The highest BCUT2D eigenvalue weighted by atomic mass is 32.1. The minimum Gasteiger partial charge on any atom is -0.452 e. The van der Waals surface area contributed by atoms with Crippen LogP contribution in [0.15, 0.2) is 72.8 Å². The van der Waals surface area contributed by atoms with Crippen molar-refractivity contribution < 1.29 is 19.1 Å². The fourth-order valence-corrected chi connectivity index (χ4v) is 3.44. The van der Waals surface area contributed by atoms with E-state index in [-0.39, 0.29) is 5.78 Å². The van der Waals surface area contributed by atoms with Gasteiger partial charge in [-0.3, -0.25) is 9.59 Å². The Labute approximate surface area is 172 Å². The Balaban J connectivity index is 1.47. The first-order valence-corrected chi connectivity index (χ1v) is 9.74. The lowest BCUT2D eigenvalue weighted by atomic mass is 10.1. The first-order valence-electron chi connectivity index (χ1n) is 8.92. The number of thiophene rings is 1. The summed E-state index contributed by atoms with van der Waals surface area (Å²) in [7, 11) is 0. The maximum atomic E-state index is 11.9. The van der Waals surface area contributed by atoms with Gasteiger partial charge >= 0.3 is 5.97 Å². The van der Waals surface area contributed by atoms with E-state index in [1.54, 1.807) is 41.7 Å². The van der Waals surface area contributed by atoms with Crippen molar-refractivity contribution in [1.29, 1.82) is 0 Å². The standard InChI is InChI=1S/C23H19NO4S/c1-16(25)17-7-9-19(10-8-17)24-22(26)15-28-23(27)14-12-20-11-13-21(29-20)18-5-3-2-4-6-18/h2-14H,15H2,1H3,(H,24,26)/b14-12+. The number of esters is 1. The lowest BCUT2D eigenvalue weighted by Gasteiger charge is -2.05. The van der Waals surface area contributed by atoms with E-state index >= 15 is 0 Å². The highest BCUT2D eigenvalue weighted by Crippen LogP contribution is 2.28. The maximum absolute atomic E-state index is 11.9. The van der Waals surface area contributed by atoms with Crippen LogP contribution in [0.5, 0.6) is 0 Å². The smallest absolute Gasteiger partial charge is 0.331 e. The second-order valence-corrected chi connectivity index (χ2v) is 7.31. The van der Waals surface area contributed by atoms with Crippen molar-refractivity contribution >= 4 is 40.8 Å². The van der Waals surface area contributed by atoms with E-state index in [0.29, 0.717) is 11.3 Å². The van der Waals surface area contributed by atoms with Crippen LogP contribution in [0.1, 0.15) is 22.2 Å². The topological polar surface area (TPSA) is 72.5 Å². The molecule has 3 aromatic rings. The van der Waals surface area contributed by atoms with Crippen molar-refractivity contribution in [3.8, 4) is 10.4 Å². The number of ketones is 1. The molecule has 6 heteroatoms. The zero-order valence-electron chi connectivity index (χ0n) is 15.8. The molecular weight excluding hydrogens is 386 g/mol. The molecule has 1 aromatic heterocycles. The van der Waals surface area contributed by atoms with Crippen LogP contribution in [-0.4, -0.2) is 24.3 Å². The van der Waals surface area contributed by atoms with E-state index in [4.69, 9.17) is 4.74 Å². The molecule has 5 nitrogen and oxygen atoms in total. The first-order chi connectivity index (χ1) is 14.0. The number of amides is 1. The second-order valence-electron chi connectivity index (χ2n) is 6.19. The van der Waals surface area contributed by atoms with Crippen LogP contribution in [0.3, 0.4) is 0 Å². The molecule has 0 spiro atoms. The first kappa shape index (κ1) is 20.2. The van der Waals surface area contributed by atoms with E-state index in [1.807, 2.05) is 42.5 Å². The number of hydrogen-bond acceptors (Lipinski definition) is 5. The van der Waals surface area contributed by atoms with Crippen molar-refractivity contribution in [2.24, 2.45) is 0 Å². The summed E-state index contributed by atoms with van der Waals surface area (Å²) < 4.78 is 4.96. The van der Waals surface area contributed by atoms with Crippen molar-refractivity contribution in [2.45, 2.75) is 6.92 Å². The molecule has 1 amide bonds. The third-order valence-electron chi connectivity index (χ3n) is 3.99. The Morgan fingerprint density at radius 2 is 1.69 bits per heavy atom. The predicted octanol–water partition coefficient (Wildman–Crippen LogP) is 4.81. The monoisotopic (exact) mass is 405 g/mol. The number of rotatable bonds is 7.